The third-order valence-electron chi connectivity index (χ3n) is 4.56. The molecule has 1 amide bonds. The summed E-state index contributed by atoms with van der Waals surface area (Å²) >= 11 is 1.21. The lowest BCUT2D eigenvalue weighted by atomic mass is 9.97. The van der Waals surface area contributed by atoms with Crippen molar-refractivity contribution in [1.82, 2.24) is 9.47 Å². The van der Waals surface area contributed by atoms with E-state index in [4.69, 9.17) is 5.11 Å². The van der Waals surface area contributed by atoms with Gasteiger partial charge in [0.15, 0.2) is 0 Å². The molecule has 1 aliphatic heterocycles. The summed E-state index contributed by atoms with van der Waals surface area (Å²) in [5, 5.41) is 8.84. The van der Waals surface area contributed by atoms with Crippen molar-refractivity contribution in [3.8, 4) is 0 Å². The largest absolute Gasteiger partial charge is 0.481 e. The molecule has 0 bridgehead atoms. The number of carbonyl (C=O) groups is 2. The van der Waals surface area contributed by atoms with Crippen LogP contribution >= 0.6 is 11.3 Å². The first-order valence-corrected chi connectivity index (χ1v) is 8.90. The maximum Gasteiger partial charge on any atom is 0.307 e. The van der Waals surface area contributed by atoms with Gasteiger partial charge in [-0.3, -0.25) is 14.4 Å². The Morgan fingerprint density at radius 3 is 2.61 bits per heavy atom. The van der Waals surface area contributed by atoms with Crippen LogP contribution in [0.5, 0.6) is 0 Å². The molecule has 0 aromatic carbocycles. The molecule has 1 aromatic heterocycles. The highest BCUT2D eigenvalue weighted by atomic mass is 32.1. The van der Waals surface area contributed by atoms with Crippen molar-refractivity contribution in [2.75, 3.05) is 6.54 Å². The maximum atomic E-state index is 12.5. The summed E-state index contributed by atoms with van der Waals surface area (Å²) in [6.07, 6.45) is 3.77. The summed E-state index contributed by atoms with van der Waals surface area (Å²) in [4.78, 5) is 38.0. The van der Waals surface area contributed by atoms with Crippen LogP contribution in [0.25, 0.3) is 0 Å². The number of aromatic nitrogens is 1. The minimum absolute atomic E-state index is 0.0196. The Morgan fingerprint density at radius 1 is 1.26 bits per heavy atom. The molecule has 0 radical (unpaired) electrons. The van der Waals surface area contributed by atoms with Crippen LogP contribution < -0.4 is 4.87 Å². The number of carboxylic acid groups (broad SMARTS) is 1. The second-order valence-corrected chi connectivity index (χ2v) is 7.25. The van der Waals surface area contributed by atoms with Gasteiger partial charge in [0.25, 0.3) is 0 Å². The third kappa shape index (κ3) is 4.43. The Labute approximate surface area is 139 Å². The lowest BCUT2D eigenvalue weighted by Gasteiger charge is -2.35. The lowest BCUT2D eigenvalue weighted by molar-refractivity contribution is -0.140. The molecule has 6 nitrogen and oxygen atoms in total. The van der Waals surface area contributed by atoms with E-state index in [1.54, 1.807) is 4.57 Å². The zero-order valence-corrected chi connectivity index (χ0v) is 14.5. The summed E-state index contributed by atoms with van der Waals surface area (Å²) in [6.45, 7) is 4.90. The predicted molar refractivity (Wildman–Crippen MR) is 88.9 cm³/mol. The van der Waals surface area contributed by atoms with Crippen LogP contribution in [0.4, 0.5) is 0 Å². The molecule has 23 heavy (non-hydrogen) atoms. The smallest absolute Gasteiger partial charge is 0.307 e. The second-order valence-electron chi connectivity index (χ2n) is 6.08. The van der Waals surface area contributed by atoms with Crippen LogP contribution in [0.1, 0.15) is 49.1 Å². The van der Waals surface area contributed by atoms with Gasteiger partial charge in [0, 0.05) is 42.5 Å². The number of hydrogen-bond acceptors (Lipinski definition) is 4. The Balaban J connectivity index is 1.97. The number of thiazole rings is 1. The van der Waals surface area contributed by atoms with E-state index in [-0.39, 0.29) is 23.2 Å². The van der Waals surface area contributed by atoms with Crippen molar-refractivity contribution in [1.29, 1.82) is 0 Å². The molecule has 0 saturated carbocycles. The predicted octanol–water partition coefficient (Wildman–Crippen LogP) is 2.16. The van der Waals surface area contributed by atoms with Gasteiger partial charge < -0.3 is 14.6 Å². The summed E-state index contributed by atoms with van der Waals surface area (Å²) < 4.78 is 1.66. The highest BCUT2D eigenvalue weighted by Crippen LogP contribution is 2.22. The number of likely N-dealkylation sites (tertiary alicyclic amines) is 1. The summed E-state index contributed by atoms with van der Waals surface area (Å²) in [5.41, 5.74) is 0.925. The van der Waals surface area contributed by atoms with E-state index < -0.39 is 5.97 Å². The molecule has 0 aliphatic carbocycles. The van der Waals surface area contributed by atoms with Crippen molar-refractivity contribution in [2.45, 2.75) is 65.0 Å². The van der Waals surface area contributed by atoms with E-state index in [1.807, 2.05) is 18.7 Å². The average molecular weight is 340 g/mol. The topological polar surface area (TPSA) is 79.6 Å². The molecule has 2 heterocycles. The summed E-state index contributed by atoms with van der Waals surface area (Å²) in [6, 6.07) is 0.0226. The first-order chi connectivity index (χ1) is 10.9. The van der Waals surface area contributed by atoms with E-state index in [2.05, 4.69) is 0 Å². The molecule has 128 valence electrons. The molecule has 7 heteroatoms. The average Bonchev–Trinajstić information content (AvgIpc) is 2.76. The second kappa shape index (κ2) is 7.77. The van der Waals surface area contributed by atoms with Crippen LogP contribution in [0.15, 0.2) is 4.79 Å². The minimum Gasteiger partial charge on any atom is -0.481 e. The van der Waals surface area contributed by atoms with Crippen LogP contribution in [-0.4, -0.2) is 39.0 Å². The Kier molecular flexibility index (Phi) is 5.98. The highest BCUT2D eigenvalue weighted by Gasteiger charge is 2.26. The zero-order valence-electron chi connectivity index (χ0n) is 13.7. The minimum atomic E-state index is -0.820. The van der Waals surface area contributed by atoms with E-state index in [1.165, 1.54) is 11.3 Å². The molecule has 1 aromatic rings. The number of aryl methyl sites for hydroxylation is 1. The monoisotopic (exact) mass is 340 g/mol. The van der Waals surface area contributed by atoms with Gasteiger partial charge in [0.05, 0.1) is 0 Å². The number of piperidine rings is 1. The molecule has 2 rings (SSSR count). The summed E-state index contributed by atoms with van der Waals surface area (Å²) in [7, 11) is 0. The van der Waals surface area contributed by atoms with Crippen molar-refractivity contribution in [3.05, 3.63) is 20.2 Å². The van der Waals surface area contributed by atoms with Crippen LogP contribution in [0.3, 0.4) is 0 Å². The van der Waals surface area contributed by atoms with Crippen molar-refractivity contribution in [3.63, 3.8) is 0 Å². The van der Waals surface area contributed by atoms with Crippen LogP contribution in [-0.2, 0) is 16.1 Å². The molecule has 1 saturated heterocycles. The highest BCUT2D eigenvalue weighted by molar-refractivity contribution is 7.09. The molecule has 1 atom stereocenters. The first-order valence-electron chi connectivity index (χ1n) is 8.08. The quantitative estimate of drug-likeness (QED) is 0.860. The SMILES string of the molecule is Cc1sc(=O)n(CCC(=O)N2CCCCC2CCC(=O)O)c1C. The van der Waals surface area contributed by atoms with E-state index >= 15 is 0 Å². The fraction of sp³-hybridized carbons (Fsp3) is 0.688. The number of carboxylic acids is 1. The maximum absolute atomic E-state index is 12.5. The van der Waals surface area contributed by atoms with Gasteiger partial charge in [0.1, 0.15) is 0 Å². The fourth-order valence-corrected chi connectivity index (χ4v) is 3.97. The van der Waals surface area contributed by atoms with Gasteiger partial charge in [0.2, 0.25) is 5.91 Å². The number of nitrogens with zero attached hydrogens (tertiary/aromatic N) is 2. The number of amides is 1. The zero-order chi connectivity index (χ0) is 17.0. The molecule has 1 aliphatic rings. The normalized spacial score (nSPS) is 18.2. The van der Waals surface area contributed by atoms with Gasteiger partial charge in [-0.05, 0) is 39.5 Å². The Morgan fingerprint density at radius 2 is 2.00 bits per heavy atom. The van der Waals surface area contributed by atoms with Gasteiger partial charge in [-0.1, -0.05) is 11.3 Å². The standard InChI is InChI=1S/C16H24N2O4S/c1-11-12(2)23-16(22)17(11)10-8-14(19)18-9-4-3-5-13(18)6-7-15(20)21/h13H,3-10H2,1-2H3,(H,20,21). The first kappa shape index (κ1) is 17.7. The van der Waals surface area contributed by atoms with Crippen molar-refractivity contribution >= 4 is 23.2 Å². The van der Waals surface area contributed by atoms with Crippen molar-refractivity contribution in [2.24, 2.45) is 0 Å². The van der Waals surface area contributed by atoms with E-state index in [9.17, 15) is 14.4 Å². The van der Waals surface area contributed by atoms with Gasteiger partial charge in [-0.2, -0.15) is 0 Å². The summed E-state index contributed by atoms with van der Waals surface area (Å²) in [5.74, 6) is -0.797. The van der Waals surface area contributed by atoms with Gasteiger partial charge >= 0.3 is 10.8 Å². The number of rotatable bonds is 6. The van der Waals surface area contributed by atoms with Crippen LogP contribution in [0.2, 0.25) is 0 Å². The Bertz CT molecular complexity index is 635. The molecule has 1 unspecified atom stereocenters. The van der Waals surface area contributed by atoms with Crippen LogP contribution in [0, 0.1) is 13.8 Å². The number of carbonyl (C=O) groups excluding carboxylic acids is 1. The molecule has 1 N–H and O–H groups in total. The lowest BCUT2D eigenvalue weighted by Crippen LogP contribution is -2.44. The van der Waals surface area contributed by atoms with Crippen molar-refractivity contribution < 1.29 is 14.7 Å². The molecule has 1 fully saturated rings. The van der Waals surface area contributed by atoms with E-state index in [0.717, 1.165) is 29.8 Å². The van der Waals surface area contributed by atoms with E-state index in [0.29, 0.717) is 25.9 Å². The third-order valence-corrected chi connectivity index (χ3v) is 5.56. The Hall–Kier alpha value is -1.63. The van der Waals surface area contributed by atoms with Gasteiger partial charge in [-0.15, -0.1) is 0 Å². The molecule has 0 spiro atoms. The molecular weight excluding hydrogens is 316 g/mol. The van der Waals surface area contributed by atoms with Gasteiger partial charge in [-0.25, -0.2) is 0 Å². The number of hydrogen-bond donors (Lipinski definition) is 1. The fourth-order valence-electron chi connectivity index (χ4n) is 3.12. The molecular formula is C16H24N2O4S. The number of aliphatic carboxylic acids is 1.